The highest BCUT2D eigenvalue weighted by molar-refractivity contribution is 6.06. The average Bonchev–Trinajstić information content (AvgIpc) is 2.57. The number of nitrogens with zero attached hydrogens (tertiary/aromatic N) is 1. The van der Waals surface area contributed by atoms with Crippen molar-refractivity contribution >= 4 is 22.5 Å². The van der Waals surface area contributed by atoms with Crippen molar-refractivity contribution < 1.29 is 9.53 Å². The summed E-state index contributed by atoms with van der Waals surface area (Å²) in [6.45, 7) is 5.92. The minimum absolute atomic E-state index is 0.152. The molecule has 24 heavy (non-hydrogen) atoms. The Morgan fingerprint density at radius 2 is 1.79 bits per heavy atom. The molecule has 0 aliphatic rings. The standard InChI is InChI=1S/C20H20N2O2/c1-12-5-7-16(9-13(12)2)22-20(23)18-10-15-6-8-17(24-4)11-19(15)21-14(18)3/h5-11H,1-4H3,(H,22,23). The van der Waals surface area contributed by atoms with Crippen molar-refractivity contribution in [2.24, 2.45) is 0 Å². The van der Waals surface area contributed by atoms with Crippen LogP contribution in [0.1, 0.15) is 27.2 Å². The topological polar surface area (TPSA) is 51.2 Å². The van der Waals surface area contributed by atoms with E-state index in [1.807, 2.05) is 63.2 Å². The number of fused-ring (bicyclic) bond motifs is 1. The minimum atomic E-state index is -0.152. The first-order chi connectivity index (χ1) is 11.5. The molecule has 0 bridgehead atoms. The lowest BCUT2D eigenvalue weighted by molar-refractivity contribution is 0.102. The quantitative estimate of drug-likeness (QED) is 0.777. The molecule has 4 heteroatoms. The number of amides is 1. The van der Waals surface area contributed by atoms with Gasteiger partial charge < -0.3 is 10.1 Å². The minimum Gasteiger partial charge on any atom is -0.497 e. The third-order valence-electron chi connectivity index (χ3n) is 4.22. The molecule has 0 aliphatic heterocycles. The van der Waals surface area contributed by atoms with Crippen LogP contribution in [0.4, 0.5) is 5.69 Å². The molecule has 1 N–H and O–H groups in total. The highest BCUT2D eigenvalue weighted by Gasteiger charge is 2.13. The van der Waals surface area contributed by atoms with Gasteiger partial charge in [-0.15, -0.1) is 0 Å². The fourth-order valence-electron chi connectivity index (χ4n) is 2.62. The van der Waals surface area contributed by atoms with Gasteiger partial charge in [0, 0.05) is 17.1 Å². The number of ether oxygens (including phenoxy) is 1. The molecule has 1 heterocycles. The Morgan fingerprint density at radius 3 is 2.50 bits per heavy atom. The summed E-state index contributed by atoms with van der Waals surface area (Å²) < 4.78 is 5.22. The molecule has 3 rings (SSSR count). The zero-order valence-electron chi connectivity index (χ0n) is 14.3. The van der Waals surface area contributed by atoms with Gasteiger partial charge in [-0.1, -0.05) is 6.07 Å². The van der Waals surface area contributed by atoms with Gasteiger partial charge in [-0.05, 0) is 62.2 Å². The van der Waals surface area contributed by atoms with Gasteiger partial charge in [0.15, 0.2) is 0 Å². The molecule has 0 spiro atoms. The maximum absolute atomic E-state index is 12.6. The summed E-state index contributed by atoms with van der Waals surface area (Å²) in [5.41, 5.74) is 5.22. The van der Waals surface area contributed by atoms with Gasteiger partial charge in [0.2, 0.25) is 0 Å². The molecule has 0 unspecified atom stereocenters. The average molecular weight is 320 g/mol. The van der Waals surface area contributed by atoms with E-state index >= 15 is 0 Å². The second kappa shape index (κ2) is 6.32. The summed E-state index contributed by atoms with van der Waals surface area (Å²) in [7, 11) is 1.62. The summed E-state index contributed by atoms with van der Waals surface area (Å²) >= 11 is 0. The Labute approximate surface area is 141 Å². The van der Waals surface area contributed by atoms with Gasteiger partial charge in [-0.25, -0.2) is 0 Å². The summed E-state index contributed by atoms with van der Waals surface area (Å²) in [6, 6.07) is 13.4. The molecule has 0 radical (unpaired) electrons. The van der Waals surface area contributed by atoms with E-state index in [1.54, 1.807) is 7.11 Å². The van der Waals surface area contributed by atoms with Gasteiger partial charge in [-0.3, -0.25) is 9.78 Å². The number of hydrogen-bond donors (Lipinski definition) is 1. The number of carbonyl (C=O) groups excluding carboxylic acids is 1. The van der Waals surface area contributed by atoms with Gasteiger partial charge >= 0.3 is 0 Å². The van der Waals surface area contributed by atoms with Crippen LogP contribution in [-0.2, 0) is 0 Å². The molecule has 0 atom stereocenters. The van der Waals surface area contributed by atoms with Crippen molar-refractivity contribution in [2.75, 3.05) is 12.4 Å². The van der Waals surface area contributed by atoms with E-state index in [0.717, 1.165) is 27.9 Å². The van der Waals surface area contributed by atoms with Crippen molar-refractivity contribution in [3.8, 4) is 5.75 Å². The number of nitrogens with one attached hydrogen (secondary N) is 1. The lowest BCUT2D eigenvalue weighted by Gasteiger charge is -2.11. The molecule has 122 valence electrons. The molecule has 0 saturated carbocycles. The monoisotopic (exact) mass is 320 g/mol. The molecule has 0 saturated heterocycles. The van der Waals surface area contributed by atoms with E-state index in [0.29, 0.717) is 11.3 Å². The number of rotatable bonds is 3. The van der Waals surface area contributed by atoms with Crippen LogP contribution in [0.5, 0.6) is 5.75 Å². The first kappa shape index (κ1) is 16.0. The van der Waals surface area contributed by atoms with Gasteiger partial charge in [0.05, 0.1) is 23.9 Å². The number of aromatic nitrogens is 1. The SMILES string of the molecule is COc1ccc2cc(C(=O)Nc3ccc(C)c(C)c3)c(C)nc2c1. The van der Waals surface area contributed by atoms with Gasteiger partial charge in [0.1, 0.15) is 5.75 Å². The molecular formula is C20H20N2O2. The molecule has 1 aromatic heterocycles. The third kappa shape index (κ3) is 3.08. The maximum atomic E-state index is 12.6. The van der Waals surface area contributed by atoms with Crippen LogP contribution in [0.15, 0.2) is 42.5 Å². The zero-order chi connectivity index (χ0) is 17.3. The number of benzene rings is 2. The van der Waals surface area contributed by atoms with Crippen LogP contribution < -0.4 is 10.1 Å². The predicted molar refractivity (Wildman–Crippen MR) is 96.9 cm³/mol. The number of aryl methyl sites for hydroxylation is 3. The number of methoxy groups -OCH3 is 1. The first-order valence-electron chi connectivity index (χ1n) is 7.82. The van der Waals surface area contributed by atoms with Gasteiger partial charge in [-0.2, -0.15) is 0 Å². The van der Waals surface area contributed by atoms with Crippen LogP contribution in [-0.4, -0.2) is 18.0 Å². The second-order valence-corrected chi connectivity index (χ2v) is 5.93. The number of pyridine rings is 1. The summed E-state index contributed by atoms with van der Waals surface area (Å²) in [6.07, 6.45) is 0. The Morgan fingerprint density at radius 1 is 1.00 bits per heavy atom. The highest BCUT2D eigenvalue weighted by Crippen LogP contribution is 2.23. The lowest BCUT2D eigenvalue weighted by Crippen LogP contribution is -2.14. The molecule has 0 aliphatic carbocycles. The van der Waals surface area contributed by atoms with Crippen LogP contribution in [0, 0.1) is 20.8 Å². The Balaban J connectivity index is 1.94. The van der Waals surface area contributed by atoms with Crippen molar-refractivity contribution in [1.29, 1.82) is 0 Å². The fourth-order valence-corrected chi connectivity index (χ4v) is 2.62. The third-order valence-corrected chi connectivity index (χ3v) is 4.22. The molecule has 0 fully saturated rings. The Kier molecular flexibility index (Phi) is 4.21. The van der Waals surface area contributed by atoms with E-state index < -0.39 is 0 Å². The Bertz CT molecular complexity index is 932. The zero-order valence-corrected chi connectivity index (χ0v) is 14.3. The number of anilines is 1. The van der Waals surface area contributed by atoms with E-state index in [4.69, 9.17) is 4.74 Å². The summed E-state index contributed by atoms with van der Waals surface area (Å²) in [5, 5.41) is 3.86. The van der Waals surface area contributed by atoms with Crippen molar-refractivity contribution in [3.63, 3.8) is 0 Å². The second-order valence-electron chi connectivity index (χ2n) is 5.93. The number of hydrogen-bond acceptors (Lipinski definition) is 3. The van der Waals surface area contributed by atoms with Crippen molar-refractivity contribution in [3.05, 3.63) is 64.8 Å². The lowest BCUT2D eigenvalue weighted by atomic mass is 10.1. The van der Waals surface area contributed by atoms with Crippen LogP contribution in [0.25, 0.3) is 10.9 Å². The van der Waals surface area contributed by atoms with Crippen molar-refractivity contribution in [1.82, 2.24) is 4.98 Å². The van der Waals surface area contributed by atoms with Gasteiger partial charge in [0.25, 0.3) is 5.91 Å². The van der Waals surface area contributed by atoms with E-state index in [1.165, 1.54) is 5.56 Å². The van der Waals surface area contributed by atoms with Crippen LogP contribution >= 0.6 is 0 Å². The summed E-state index contributed by atoms with van der Waals surface area (Å²) in [5.74, 6) is 0.600. The Hall–Kier alpha value is -2.88. The first-order valence-corrected chi connectivity index (χ1v) is 7.82. The van der Waals surface area contributed by atoms with Crippen LogP contribution in [0.3, 0.4) is 0 Å². The highest BCUT2D eigenvalue weighted by atomic mass is 16.5. The molecule has 1 amide bonds. The normalized spacial score (nSPS) is 10.7. The predicted octanol–water partition coefficient (Wildman–Crippen LogP) is 4.42. The fraction of sp³-hybridized carbons (Fsp3) is 0.200. The van der Waals surface area contributed by atoms with Crippen molar-refractivity contribution in [2.45, 2.75) is 20.8 Å². The van der Waals surface area contributed by atoms with E-state index in [2.05, 4.69) is 10.3 Å². The van der Waals surface area contributed by atoms with E-state index in [-0.39, 0.29) is 5.91 Å². The maximum Gasteiger partial charge on any atom is 0.257 e. The molecule has 3 aromatic rings. The smallest absolute Gasteiger partial charge is 0.257 e. The molecular weight excluding hydrogens is 300 g/mol. The summed E-state index contributed by atoms with van der Waals surface area (Å²) in [4.78, 5) is 17.2. The van der Waals surface area contributed by atoms with E-state index in [9.17, 15) is 4.79 Å². The molecule has 4 nitrogen and oxygen atoms in total. The molecule has 2 aromatic carbocycles. The van der Waals surface area contributed by atoms with Crippen LogP contribution in [0.2, 0.25) is 0 Å². The largest absolute Gasteiger partial charge is 0.497 e. The number of carbonyl (C=O) groups is 1.